The predicted octanol–water partition coefficient (Wildman–Crippen LogP) is 1.13. The summed E-state index contributed by atoms with van der Waals surface area (Å²) in [4.78, 5) is 13.4. The van der Waals surface area contributed by atoms with Crippen molar-refractivity contribution in [2.45, 2.75) is 12.8 Å². The summed E-state index contributed by atoms with van der Waals surface area (Å²) in [5.41, 5.74) is 1.29. The van der Waals surface area contributed by atoms with Crippen molar-refractivity contribution in [3.05, 3.63) is 22.4 Å². The molecule has 0 radical (unpaired) electrons. The highest BCUT2D eigenvalue weighted by molar-refractivity contribution is 7.07. The number of nitrogens with zero attached hydrogens (tertiary/aromatic N) is 1. The third-order valence-electron chi connectivity index (χ3n) is 2.80. The molecule has 1 atom stereocenters. The van der Waals surface area contributed by atoms with Crippen molar-refractivity contribution < 1.29 is 9.90 Å². The van der Waals surface area contributed by atoms with E-state index in [1.165, 1.54) is 5.56 Å². The predicted molar refractivity (Wildman–Crippen MR) is 59.8 cm³/mol. The first-order valence-electron chi connectivity index (χ1n) is 5.19. The Hall–Kier alpha value is -0.870. The van der Waals surface area contributed by atoms with Gasteiger partial charge in [0.25, 0.3) is 0 Å². The zero-order valence-electron chi connectivity index (χ0n) is 8.56. The van der Waals surface area contributed by atoms with Gasteiger partial charge < -0.3 is 10.0 Å². The Morgan fingerprint density at radius 2 is 2.47 bits per heavy atom. The van der Waals surface area contributed by atoms with Crippen LogP contribution in [0.2, 0.25) is 0 Å². The average molecular weight is 225 g/mol. The van der Waals surface area contributed by atoms with Crippen LogP contribution < -0.4 is 0 Å². The molecule has 0 saturated carbocycles. The van der Waals surface area contributed by atoms with Gasteiger partial charge in [-0.2, -0.15) is 11.3 Å². The van der Waals surface area contributed by atoms with E-state index in [0.717, 1.165) is 19.5 Å². The maximum Gasteiger partial charge on any atom is 0.223 e. The summed E-state index contributed by atoms with van der Waals surface area (Å²) >= 11 is 1.68. The lowest BCUT2D eigenvalue weighted by molar-refractivity contribution is -0.127. The van der Waals surface area contributed by atoms with Crippen LogP contribution in [0.25, 0.3) is 0 Å². The largest absolute Gasteiger partial charge is 0.396 e. The van der Waals surface area contributed by atoms with Gasteiger partial charge in [-0.3, -0.25) is 4.79 Å². The van der Waals surface area contributed by atoms with Gasteiger partial charge in [0.2, 0.25) is 5.91 Å². The topological polar surface area (TPSA) is 40.5 Å². The van der Waals surface area contributed by atoms with Crippen LogP contribution in [0.15, 0.2) is 16.8 Å². The minimum Gasteiger partial charge on any atom is -0.396 e. The number of carbonyl (C=O) groups excluding carboxylic acids is 1. The summed E-state index contributed by atoms with van der Waals surface area (Å²) in [6, 6.07) is 2.09. The monoisotopic (exact) mass is 225 g/mol. The molecule has 1 aromatic rings. The smallest absolute Gasteiger partial charge is 0.223 e. The van der Waals surface area contributed by atoms with Gasteiger partial charge in [-0.15, -0.1) is 0 Å². The normalized spacial score (nSPS) is 21.3. The van der Waals surface area contributed by atoms with Crippen LogP contribution in [0, 0.1) is 5.92 Å². The molecule has 82 valence electrons. The molecule has 0 bridgehead atoms. The molecule has 1 unspecified atom stereocenters. The fourth-order valence-electron chi connectivity index (χ4n) is 1.89. The van der Waals surface area contributed by atoms with Crippen molar-refractivity contribution >= 4 is 17.2 Å². The van der Waals surface area contributed by atoms with Crippen molar-refractivity contribution in [1.82, 2.24) is 4.90 Å². The number of thiophene rings is 1. The van der Waals surface area contributed by atoms with E-state index in [9.17, 15) is 4.79 Å². The molecule has 3 nitrogen and oxygen atoms in total. The highest BCUT2D eigenvalue weighted by Gasteiger charge is 2.28. The molecule has 1 aliphatic rings. The Bertz CT molecular complexity index is 323. The summed E-state index contributed by atoms with van der Waals surface area (Å²) in [5, 5.41) is 13.1. The lowest BCUT2D eigenvalue weighted by atomic mass is 10.1. The highest BCUT2D eigenvalue weighted by atomic mass is 32.1. The van der Waals surface area contributed by atoms with Crippen LogP contribution in [0.5, 0.6) is 0 Å². The fourth-order valence-corrected chi connectivity index (χ4v) is 2.59. The van der Waals surface area contributed by atoms with Crippen molar-refractivity contribution in [3.8, 4) is 0 Å². The molecule has 1 saturated heterocycles. The lowest BCUT2D eigenvalue weighted by Crippen LogP contribution is -2.27. The summed E-state index contributed by atoms with van der Waals surface area (Å²) in [6.45, 7) is 1.63. The minimum absolute atomic E-state index is 0.126. The van der Waals surface area contributed by atoms with E-state index in [4.69, 9.17) is 5.11 Å². The van der Waals surface area contributed by atoms with Gasteiger partial charge in [0.05, 0.1) is 0 Å². The second kappa shape index (κ2) is 4.77. The van der Waals surface area contributed by atoms with E-state index in [-0.39, 0.29) is 18.4 Å². The van der Waals surface area contributed by atoms with Crippen LogP contribution in [0.1, 0.15) is 12.0 Å². The maximum absolute atomic E-state index is 11.5. The molecule has 15 heavy (non-hydrogen) atoms. The first kappa shape index (κ1) is 10.6. The van der Waals surface area contributed by atoms with E-state index >= 15 is 0 Å². The van der Waals surface area contributed by atoms with Crippen LogP contribution >= 0.6 is 11.3 Å². The number of amides is 1. The van der Waals surface area contributed by atoms with Crippen LogP contribution in [-0.4, -0.2) is 35.6 Å². The van der Waals surface area contributed by atoms with Gasteiger partial charge in [0.1, 0.15) is 0 Å². The number of aliphatic hydroxyl groups excluding tert-OH is 1. The molecule has 4 heteroatoms. The number of rotatable bonds is 4. The fraction of sp³-hybridized carbons (Fsp3) is 0.545. The van der Waals surface area contributed by atoms with Crippen molar-refractivity contribution in [1.29, 1.82) is 0 Å². The third-order valence-corrected chi connectivity index (χ3v) is 3.54. The summed E-state index contributed by atoms with van der Waals surface area (Å²) in [5.74, 6) is 0.337. The Kier molecular flexibility index (Phi) is 3.38. The number of hydrogen-bond donors (Lipinski definition) is 1. The second-order valence-corrected chi connectivity index (χ2v) is 4.75. The number of hydrogen-bond acceptors (Lipinski definition) is 3. The molecule has 1 fully saturated rings. The first-order valence-corrected chi connectivity index (χ1v) is 6.13. The van der Waals surface area contributed by atoms with Gasteiger partial charge >= 0.3 is 0 Å². The van der Waals surface area contributed by atoms with E-state index in [0.29, 0.717) is 6.42 Å². The molecule has 2 heterocycles. The Morgan fingerprint density at radius 3 is 3.07 bits per heavy atom. The van der Waals surface area contributed by atoms with Crippen LogP contribution in [0.4, 0.5) is 0 Å². The third kappa shape index (κ3) is 2.58. The molecule has 0 aromatic carbocycles. The van der Waals surface area contributed by atoms with Crippen LogP contribution in [0.3, 0.4) is 0 Å². The molecule has 0 aliphatic carbocycles. The van der Waals surface area contributed by atoms with Crippen molar-refractivity contribution in [2.24, 2.45) is 5.92 Å². The zero-order chi connectivity index (χ0) is 10.7. The first-order chi connectivity index (χ1) is 7.29. The van der Waals surface area contributed by atoms with E-state index < -0.39 is 0 Å². The molecule has 1 aromatic heterocycles. The SMILES string of the molecule is O=C1CC(CO)CN1CCc1ccsc1. The molecule has 0 spiro atoms. The molecule has 1 aliphatic heterocycles. The summed E-state index contributed by atoms with van der Waals surface area (Å²) in [7, 11) is 0. The van der Waals surface area contributed by atoms with E-state index in [2.05, 4.69) is 16.8 Å². The number of aliphatic hydroxyl groups is 1. The second-order valence-electron chi connectivity index (χ2n) is 3.97. The van der Waals surface area contributed by atoms with Crippen molar-refractivity contribution in [3.63, 3.8) is 0 Å². The maximum atomic E-state index is 11.5. The zero-order valence-corrected chi connectivity index (χ0v) is 9.37. The molecular weight excluding hydrogens is 210 g/mol. The van der Waals surface area contributed by atoms with Crippen molar-refractivity contribution in [2.75, 3.05) is 19.7 Å². The molecule has 1 amide bonds. The molecule has 2 rings (SSSR count). The number of likely N-dealkylation sites (tertiary alicyclic amines) is 1. The minimum atomic E-state index is 0.126. The Balaban J connectivity index is 1.83. The molecule has 1 N–H and O–H groups in total. The summed E-state index contributed by atoms with van der Waals surface area (Å²) < 4.78 is 0. The van der Waals surface area contributed by atoms with Gasteiger partial charge in [-0.25, -0.2) is 0 Å². The van der Waals surface area contributed by atoms with Gasteiger partial charge in [-0.1, -0.05) is 0 Å². The van der Waals surface area contributed by atoms with Gasteiger partial charge in [-0.05, 0) is 28.8 Å². The van der Waals surface area contributed by atoms with Gasteiger partial charge in [0.15, 0.2) is 0 Å². The quantitative estimate of drug-likeness (QED) is 0.834. The standard InChI is InChI=1S/C11H15NO2S/c13-7-10-5-11(14)12(6-10)3-1-9-2-4-15-8-9/h2,4,8,10,13H,1,3,5-7H2. The lowest BCUT2D eigenvalue weighted by Gasteiger charge is -2.15. The van der Waals surface area contributed by atoms with E-state index in [1.807, 2.05) is 4.90 Å². The Morgan fingerprint density at radius 1 is 1.60 bits per heavy atom. The van der Waals surface area contributed by atoms with Crippen LogP contribution in [-0.2, 0) is 11.2 Å². The average Bonchev–Trinajstić information content (AvgIpc) is 2.84. The Labute approximate surface area is 93.3 Å². The van der Waals surface area contributed by atoms with Gasteiger partial charge in [0, 0.05) is 32.0 Å². The number of carbonyl (C=O) groups is 1. The molecular formula is C11H15NO2S. The van der Waals surface area contributed by atoms with E-state index in [1.54, 1.807) is 11.3 Å². The summed E-state index contributed by atoms with van der Waals surface area (Å²) in [6.07, 6.45) is 1.44. The highest BCUT2D eigenvalue weighted by Crippen LogP contribution is 2.17.